The molecule has 3 rings (SSSR count). The Morgan fingerprint density at radius 2 is 1.74 bits per heavy atom. The molecule has 0 radical (unpaired) electrons. The molecule has 0 saturated carbocycles. The summed E-state index contributed by atoms with van der Waals surface area (Å²) in [5.74, 6) is -1.99. The van der Waals surface area contributed by atoms with Gasteiger partial charge in [-0.3, -0.25) is 4.79 Å². The second kappa shape index (κ2) is 11.6. The average Bonchev–Trinajstić information content (AvgIpc) is 2.80. The van der Waals surface area contributed by atoms with E-state index in [9.17, 15) is 23.2 Å². The Morgan fingerprint density at radius 3 is 2.37 bits per heavy atom. The number of benzene rings is 2. The van der Waals surface area contributed by atoms with Gasteiger partial charge in [0.05, 0.1) is 5.69 Å². The lowest BCUT2D eigenvalue weighted by molar-refractivity contribution is -0.135. The van der Waals surface area contributed by atoms with Crippen LogP contribution in [0.3, 0.4) is 0 Å². The van der Waals surface area contributed by atoms with E-state index in [1.165, 1.54) is 0 Å². The molecule has 0 aliphatic carbocycles. The van der Waals surface area contributed by atoms with Gasteiger partial charge >= 0.3 is 12.1 Å². The van der Waals surface area contributed by atoms with Gasteiger partial charge in [-0.15, -0.1) is 0 Å². The number of carbonyl (C=O) groups is 3. The Hall–Kier alpha value is -3.69. The third kappa shape index (κ3) is 7.14. The molecule has 0 aromatic heterocycles. The number of halogens is 2. The summed E-state index contributed by atoms with van der Waals surface area (Å²) in [6.07, 6.45) is 0.224. The highest BCUT2D eigenvalue weighted by atomic mass is 19.1. The summed E-state index contributed by atoms with van der Waals surface area (Å²) in [4.78, 5) is 41.8. The van der Waals surface area contributed by atoms with Crippen molar-refractivity contribution in [1.82, 2.24) is 20.4 Å². The molecule has 3 N–H and O–H groups in total. The molecule has 1 aliphatic rings. The fourth-order valence-corrected chi connectivity index (χ4v) is 3.97. The Kier molecular flexibility index (Phi) is 8.62. The number of carbonyl (C=O) groups excluding carboxylic acids is 3. The number of nitrogens with zero attached hydrogens (tertiary/aromatic N) is 2. The maximum absolute atomic E-state index is 14.0. The van der Waals surface area contributed by atoms with Crippen LogP contribution in [0.5, 0.6) is 0 Å². The zero-order valence-corrected chi connectivity index (χ0v) is 20.1. The number of nitrogens with one attached hydrogen (secondary N) is 3. The van der Waals surface area contributed by atoms with Gasteiger partial charge in [-0.05, 0) is 38.5 Å². The summed E-state index contributed by atoms with van der Waals surface area (Å²) in [7, 11) is 0. The van der Waals surface area contributed by atoms with Crippen molar-refractivity contribution in [1.29, 1.82) is 0 Å². The molecular weight excluding hydrogens is 456 g/mol. The van der Waals surface area contributed by atoms with Crippen LogP contribution in [0.1, 0.15) is 26.3 Å². The standard InChI is InChI=1S/C25H31F2N5O3/c1-16(2)28-25(35)32-12-11-31(15-17(32)3)23(33)22(13-18-7-5-4-6-8-18)30-24(34)29-21-10-9-19(26)14-20(21)27/h4-10,14,16-17,22H,11-13,15H2,1-3H3,(H,28,35)(H2,29,30,34). The lowest BCUT2D eigenvalue weighted by Crippen LogP contribution is -2.61. The van der Waals surface area contributed by atoms with Crippen molar-refractivity contribution in [3.8, 4) is 0 Å². The van der Waals surface area contributed by atoms with Crippen molar-refractivity contribution in [3.05, 3.63) is 65.7 Å². The number of hydrogen-bond acceptors (Lipinski definition) is 3. The van der Waals surface area contributed by atoms with Crippen LogP contribution in [0.25, 0.3) is 0 Å². The average molecular weight is 488 g/mol. The van der Waals surface area contributed by atoms with Crippen LogP contribution in [0.2, 0.25) is 0 Å². The summed E-state index contributed by atoms with van der Waals surface area (Å²) < 4.78 is 27.1. The topological polar surface area (TPSA) is 93.8 Å². The van der Waals surface area contributed by atoms with E-state index in [2.05, 4.69) is 16.0 Å². The van der Waals surface area contributed by atoms with Gasteiger partial charge in [-0.25, -0.2) is 18.4 Å². The molecule has 2 aromatic carbocycles. The first-order chi connectivity index (χ1) is 16.6. The molecule has 2 aromatic rings. The zero-order valence-electron chi connectivity index (χ0n) is 20.1. The van der Waals surface area contributed by atoms with Crippen molar-refractivity contribution >= 4 is 23.7 Å². The molecule has 1 heterocycles. The fraction of sp³-hybridized carbons (Fsp3) is 0.400. The summed E-state index contributed by atoms with van der Waals surface area (Å²) in [6, 6.07) is 9.90. The van der Waals surface area contributed by atoms with Crippen LogP contribution < -0.4 is 16.0 Å². The zero-order chi connectivity index (χ0) is 25.5. The van der Waals surface area contributed by atoms with Crippen molar-refractivity contribution < 1.29 is 23.2 Å². The molecule has 5 amide bonds. The molecule has 0 bridgehead atoms. The monoisotopic (exact) mass is 487 g/mol. The van der Waals surface area contributed by atoms with E-state index in [0.29, 0.717) is 25.7 Å². The number of urea groups is 2. The number of hydrogen-bond donors (Lipinski definition) is 3. The first kappa shape index (κ1) is 25.9. The summed E-state index contributed by atoms with van der Waals surface area (Å²) in [5, 5.41) is 7.83. The first-order valence-electron chi connectivity index (χ1n) is 11.6. The lowest BCUT2D eigenvalue weighted by atomic mass is 10.0. The van der Waals surface area contributed by atoms with E-state index in [-0.39, 0.29) is 36.1 Å². The highest BCUT2D eigenvalue weighted by Crippen LogP contribution is 2.16. The third-order valence-electron chi connectivity index (χ3n) is 5.68. The molecular formula is C25H31F2N5O3. The Bertz CT molecular complexity index is 1050. The van der Waals surface area contributed by atoms with Crippen LogP contribution >= 0.6 is 0 Å². The van der Waals surface area contributed by atoms with Crippen LogP contribution in [0, 0.1) is 11.6 Å². The molecule has 1 fully saturated rings. The highest BCUT2D eigenvalue weighted by molar-refractivity contribution is 5.94. The number of anilines is 1. The van der Waals surface area contributed by atoms with E-state index < -0.39 is 23.7 Å². The van der Waals surface area contributed by atoms with Gasteiger partial charge in [-0.2, -0.15) is 0 Å². The summed E-state index contributed by atoms with van der Waals surface area (Å²) in [5.41, 5.74) is 0.635. The van der Waals surface area contributed by atoms with E-state index in [1.54, 1.807) is 9.80 Å². The molecule has 8 nitrogen and oxygen atoms in total. The second-order valence-electron chi connectivity index (χ2n) is 8.90. The van der Waals surface area contributed by atoms with Crippen molar-refractivity contribution in [2.24, 2.45) is 0 Å². The van der Waals surface area contributed by atoms with Gasteiger partial charge in [0.1, 0.15) is 17.7 Å². The van der Waals surface area contributed by atoms with Crippen LogP contribution in [-0.4, -0.2) is 65.5 Å². The van der Waals surface area contributed by atoms with Crippen molar-refractivity contribution in [3.63, 3.8) is 0 Å². The SMILES string of the molecule is CC(C)NC(=O)N1CCN(C(=O)C(Cc2ccccc2)NC(=O)Nc2ccc(F)cc2F)CC1C. The Labute approximate surface area is 203 Å². The lowest BCUT2D eigenvalue weighted by Gasteiger charge is -2.41. The maximum Gasteiger partial charge on any atom is 0.319 e. The minimum atomic E-state index is -0.927. The third-order valence-corrected chi connectivity index (χ3v) is 5.68. The molecule has 2 atom stereocenters. The predicted molar refractivity (Wildman–Crippen MR) is 129 cm³/mol. The van der Waals surface area contributed by atoms with Gasteiger partial charge in [0.25, 0.3) is 0 Å². The molecule has 10 heteroatoms. The van der Waals surface area contributed by atoms with Crippen LogP contribution in [0.15, 0.2) is 48.5 Å². The van der Waals surface area contributed by atoms with Crippen molar-refractivity contribution in [2.75, 3.05) is 25.0 Å². The fourth-order valence-electron chi connectivity index (χ4n) is 3.97. The second-order valence-corrected chi connectivity index (χ2v) is 8.90. The maximum atomic E-state index is 14.0. The van der Waals surface area contributed by atoms with E-state index >= 15 is 0 Å². The largest absolute Gasteiger partial charge is 0.337 e. The number of piperazine rings is 1. The molecule has 35 heavy (non-hydrogen) atoms. The molecule has 0 spiro atoms. The molecule has 2 unspecified atom stereocenters. The van der Waals surface area contributed by atoms with Crippen molar-refractivity contribution in [2.45, 2.75) is 45.3 Å². The van der Waals surface area contributed by atoms with Gasteiger partial charge in [0.2, 0.25) is 5.91 Å². The minimum absolute atomic E-state index is 0.00160. The predicted octanol–water partition coefficient (Wildman–Crippen LogP) is 3.35. The minimum Gasteiger partial charge on any atom is -0.337 e. The molecule has 1 saturated heterocycles. The summed E-state index contributed by atoms with van der Waals surface area (Å²) in [6.45, 7) is 6.61. The highest BCUT2D eigenvalue weighted by Gasteiger charge is 2.33. The van der Waals surface area contributed by atoms with E-state index in [1.807, 2.05) is 51.1 Å². The van der Waals surface area contributed by atoms with Crippen LogP contribution in [-0.2, 0) is 11.2 Å². The molecule has 1 aliphatic heterocycles. The summed E-state index contributed by atoms with van der Waals surface area (Å²) >= 11 is 0. The van der Waals surface area contributed by atoms with Gasteiger partial charge in [-0.1, -0.05) is 30.3 Å². The number of amides is 5. The number of rotatable bonds is 6. The van der Waals surface area contributed by atoms with E-state index in [4.69, 9.17) is 0 Å². The van der Waals surface area contributed by atoms with E-state index in [0.717, 1.165) is 17.7 Å². The van der Waals surface area contributed by atoms with Crippen LogP contribution in [0.4, 0.5) is 24.1 Å². The van der Waals surface area contributed by atoms with Gasteiger partial charge in [0.15, 0.2) is 0 Å². The quantitative estimate of drug-likeness (QED) is 0.583. The Balaban J connectivity index is 1.71. The molecule has 188 valence electrons. The normalized spacial score (nSPS) is 16.6. The van der Waals surface area contributed by atoms with Gasteiger partial charge < -0.3 is 25.8 Å². The Morgan fingerprint density at radius 1 is 1.03 bits per heavy atom. The first-order valence-corrected chi connectivity index (χ1v) is 11.6. The smallest absolute Gasteiger partial charge is 0.319 e. The van der Waals surface area contributed by atoms with Gasteiger partial charge in [0, 0.05) is 44.2 Å².